The first kappa shape index (κ1) is 18.9. The largest absolute Gasteiger partial charge is 0.399 e. The Balaban J connectivity index is 1.53. The number of anilines is 1. The van der Waals surface area contributed by atoms with Crippen LogP contribution in [-0.2, 0) is 13.6 Å². The zero-order chi connectivity index (χ0) is 20.7. The number of piperidine rings is 1. The van der Waals surface area contributed by atoms with Gasteiger partial charge in [0.1, 0.15) is 0 Å². The Morgan fingerprint density at radius 1 is 1.23 bits per heavy atom. The van der Waals surface area contributed by atoms with Crippen LogP contribution < -0.4 is 21.7 Å². The van der Waals surface area contributed by atoms with Crippen LogP contribution in [0.2, 0.25) is 0 Å². The Kier molecular flexibility index (Phi) is 4.78. The van der Waals surface area contributed by atoms with Crippen molar-refractivity contribution in [1.29, 1.82) is 0 Å². The Bertz CT molecular complexity index is 1040. The summed E-state index contributed by atoms with van der Waals surface area (Å²) in [6, 6.07) is 0.277. The monoisotopic (exact) mass is 404 g/mol. The molecule has 1 fully saturated rings. The van der Waals surface area contributed by atoms with Crippen LogP contribution in [0.1, 0.15) is 47.7 Å². The van der Waals surface area contributed by atoms with Crippen LogP contribution in [0.5, 0.6) is 0 Å². The predicted molar refractivity (Wildman–Crippen MR) is 118 cm³/mol. The van der Waals surface area contributed by atoms with E-state index in [0.29, 0.717) is 6.54 Å². The number of nitrogens with one attached hydrogen (secondary N) is 1. The number of rotatable bonds is 3. The Hall–Kier alpha value is -3.13. The van der Waals surface area contributed by atoms with Crippen molar-refractivity contribution in [3.63, 3.8) is 0 Å². The van der Waals surface area contributed by atoms with E-state index in [0.717, 1.165) is 72.2 Å². The minimum atomic E-state index is 0.166. The van der Waals surface area contributed by atoms with Crippen LogP contribution in [-0.4, -0.2) is 38.9 Å². The van der Waals surface area contributed by atoms with Gasteiger partial charge in [0.15, 0.2) is 0 Å². The van der Waals surface area contributed by atoms with E-state index in [1.807, 2.05) is 30.2 Å². The van der Waals surface area contributed by atoms with Crippen LogP contribution in [0, 0.1) is 0 Å². The van der Waals surface area contributed by atoms with Gasteiger partial charge in [-0.3, -0.25) is 4.68 Å². The molecule has 0 saturated carbocycles. The molecule has 8 heteroatoms. The van der Waals surface area contributed by atoms with Crippen molar-refractivity contribution >= 4 is 17.7 Å². The molecule has 30 heavy (non-hydrogen) atoms. The number of hydrogen-bond acceptors (Lipinski definition) is 7. The van der Waals surface area contributed by atoms with Crippen molar-refractivity contribution in [2.24, 2.45) is 18.5 Å². The van der Waals surface area contributed by atoms with Crippen molar-refractivity contribution in [1.82, 2.24) is 25.1 Å². The lowest BCUT2D eigenvalue weighted by Gasteiger charge is -2.31. The van der Waals surface area contributed by atoms with Crippen molar-refractivity contribution in [3.05, 3.63) is 58.8 Å². The molecule has 3 aliphatic rings. The maximum absolute atomic E-state index is 6.08. The fraction of sp³-hybridized carbons (Fsp3) is 0.409. The van der Waals surface area contributed by atoms with E-state index in [2.05, 4.69) is 33.5 Å². The Morgan fingerprint density at radius 2 is 2.07 bits per heavy atom. The lowest BCUT2D eigenvalue weighted by Crippen LogP contribution is -2.40. The molecule has 4 heterocycles. The molecule has 2 aliphatic heterocycles. The van der Waals surface area contributed by atoms with E-state index in [9.17, 15) is 0 Å². The molecular formula is C22H28N8. The second kappa shape index (κ2) is 7.60. The van der Waals surface area contributed by atoms with Gasteiger partial charge in [-0.25, -0.2) is 9.97 Å². The molecule has 156 valence electrons. The van der Waals surface area contributed by atoms with Crippen molar-refractivity contribution in [2.45, 2.75) is 37.8 Å². The molecule has 2 aromatic rings. The van der Waals surface area contributed by atoms with Crippen LogP contribution in [0.15, 0.2) is 36.3 Å². The quantitative estimate of drug-likeness (QED) is 0.713. The summed E-state index contributed by atoms with van der Waals surface area (Å²) < 4.78 is 1.85. The number of aromatic nitrogens is 4. The lowest BCUT2D eigenvalue weighted by atomic mass is 9.91. The summed E-state index contributed by atoms with van der Waals surface area (Å²) in [5.74, 6) is 0.953. The summed E-state index contributed by atoms with van der Waals surface area (Å²) in [7, 11) is 1.95. The molecule has 0 amide bonds. The fourth-order valence-corrected chi connectivity index (χ4v) is 4.34. The van der Waals surface area contributed by atoms with Gasteiger partial charge in [0, 0.05) is 67.0 Å². The lowest BCUT2D eigenvalue weighted by molar-refractivity contribution is 0.495. The molecular weight excluding hydrogens is 376 g/mol. The van der Waals surface area contributed by atoms with E-state index in [-0.39, 0.29) is 12.0 Å². The maximum Gasteiger partial charge on any atom is 0.225 e. The number of hydrogen-bond donors (Lipinski definition) is 3. The normalized spacial score (nSPS) is 21.7. The third-order valence-electron chi connectivity index (χ3n) is 6.08. The van der Waals surface area contributed by atoms with Crippen molar-refractivity contribution < 1.29 is 0 Å². The molecule has 0 aromatic carbocycles. The maximum atomic E-state index is 6.08. The highest BCUT2D eigenvalue weighted by molar-refractivity contribution is 5.83. The molecule has 1 unspecified atom stereocenters. The average molecular weight is 405 g/mol. The first-order chi connectivity index (χ1) is 14.6. The summed E-state index contributed by atoms with van der Waals surface area (Å²) in [5, 5.41) is 8.02. The van der Waals surface area contributed by atoms with Gasteiger partial charge in [-0.05, 0) is 31.4 Å². The minimum absolute atomic E-state index is 0.166. The van der Waals surface area contributed by atoms with Gasteiger partial charge in [0.25, 0.3) is 0 Å². The van der Waals surface area contributed by atoms with Gasteiger partial charge in [0.05, 0.1) is 17.9 Å². The summed E-state index contributed by atoms with van der Waals surface area (Å²) in [5.41, 5.74) is 18.1. The number of nitrogens with two attached hydrogens (primary N) is 2. The van der Waals surface area contributed by atoms with Gasteiger partial charge in [-0.15, -0.1) is 0 Å². The van der Waals surface area contributed by atoms with Crippen LogP contribution in [0.25, 0.3) is 11.8 Å². The SMILES string of the molecule is Cn1cc2c(n1)CNC(c1cnc(N3CCC(N)CC3)nc1C1C=CC(N)=CC1)=C2. The highest BCUT2D eigenvalue weighted by Gasteiger charge is 2.25. The molecule has 2 aromatic heterocycles. The van der Waals surface area contributed by atoms with E-state index in [1.54, 1.807) is 0 Å². The van der Waals surface area contributed by atoms with Crippen molar-refractivity contribution in [2.75, 3.05) is 18.0 Å². The Labute approximate surface area is 176 Å². The summed E-state index contributed by atoms with van der Waals surface area (Å²) in [6.45, 7) is 2.49. The summed E-state index contributed by atoms with van der Waals surface area (Å²) >= 11 is 0. The Morgan fingerprint density at radius 3 is 2.83 bits per heavy atom. The number of fused-ring (bicyclic) bond motifs is 1. The fourth-order valence-electron chi connectivity index (χ4n) is 4.34. The zero-order valence-corrected chi connectivity index (χ0v) is 17.3. The molecule has 1 saturated heterocycles. The predicted octanol–water partition coefficient (Wildman–Crippen LogP) is 1.63. The topological polar surface area (TPSA) is 111 Å². The second-order valence-electron chi connectivity index (χ2n) is 8.32. The third-order valence-corrected chi connectivity index (χ3v) is 6.08. The van der Waals surface area contributed by atoms with E-state index < -0.39 is 0 Å². The van der Waals surface area contributed by atoms with Gasteiger partial charge < -0.3 is 21.7 Å². The van der Waals surface area contributed by atoms with Gasteiger partial charge in [0.2, 0.25) is 5.95 Å². The van der Waals surface area contributed by atoms with Gasteiger partial charge in [-0.2, -0.15) is 5.10 Å². The van der Waals surface area contributed by atoms with E-state index >= 15 is 0 Å². The highest BCUT2D eigenvalue weighted by atomic mass is 15.3. The van der Waals surface area contributed by atoms with Crippen LogP contribution in [0.4, 0.5) is 5.95 Å². The molecule has 0 spiro atoms. The molecule has 8 nitrogen and oxygen atoms in total. The van der Waals surface area contributed by atoms with Gasteiger partial charge >= 0.3 is 0 Å². The molecule has 0 bridgehead atoms. The number of aryl methyl sites for hydroxylation is 1. The summed E-state index contributed by atoms with van der Waals surface area (Å²) in [4.78, 5) is 12.0. The highest BCUT2D eigenvalue weighted by Crippen LogP contribution is 2.33. The number of allylic oxidation sites excluding steroid dienone is 3. The first-order valence-electron chi connectivity index (χ1n) is 10.6. The van der Waals surface area contributed by atoms with Gasteiger partial charge in [-0.1, -0.05) is 12.2 Å². The van der Waals surface area contributed by atoms with Crippen molar-refractivity contribution in [3.8, 4) is 0 Å². The smallest absolute Gasteiger partial charge is 0.225 e. The van der Waals surface area contributed by atoms with Crippen LogP contribution >= 0.6 is 0 Å². The van der Waals surface area contributed by atoms with Crippen LogP contribution in [0.3, 0.4) is 0 Å². The van der Waals surface area contributed by atoms with E-state index in [4.69, 9.17) is 21.4 Å². The average Bonchev–Trinajstić information content (AvgIpc) is 3.13. The molecule has 1 atom stereocenters. The first-order valence-corrected chi connectivity index (χ1v) is 10.6. The van der Waals surface area contributed by atoms with E-state index in [1.165, 1.54) is 0 Å². The summed E-state index contributed by atoms with van der Waals surface area (Å²) in [6.07, 6.45) is 15.1. The minimum Gasteiger partial charge on any atom is -0.399 e. The molecule has 0 radical (unpaired) electrons. The third kappa shape index (κ3) is 3.59. The standard InChI is InChI=1S/C22H28N8/c1-29-13-15-10-19(25-12-20(15)28-29)18-11-26-22(30-8-6-17(24)7-9-30)27-21(18)14-2-4-16(23)5-3-14/h2,4-5,10-11,13-14,17,25H,3,6-9,12,23-24H2,1H3. The molecule has 5 N–H and O–H groups in total. The molecule has 5 rings (SSSR count). The molecule has 1 aliphatic carbocycles. The zero-order valence-electron chi connectivity index (χ0n) is 17.3. The number of nitrogens with zero attached hydrogens (tertiary/aromatic N) is 5. The second-order valence-corrected chi connectivity index (χ2v) is 8.32.